The van der Waals surface area contributed by atoms with Crippen LogP contribution in [0.3, 0.4) is 0 Å². The van der Waals surface area contributed by atoms with Crippen LogP contribution in [0, 0.1) is 0 Å². The zero-order valence-electron chi connectivity index (χ0n) is 33.6. The molecule has 2 saturated heterocycles. The van der Waals surface area contributed by atoms with E-state index in [1.165, 1.54) is 0 Å². The Hall–Kier alpha value is -2.76. The van der Waals surface area contributed by atoms with Gasteiger partial charge in [0.1, 0.15) is 23.0 Å². The van der Waals surface area contributed by atoms with Gasteiger partial charge in [-0.1, -0.05) is 0 Å². The standard InChI is InChI=1S/C40H56N8O2P4/c1-37(2,3)45-51-41-29-13-21-33(22-14-29)49-35-25-17-31(18-26-35)43-53-47(39(7,8)9)54(48(53)40(10,11)12)44-32-19-27-36(28-20-32)50-34-23-15-30(16-24-34)42-52(45)46(51)38(4,5)6/h13-28,41-44H,1-12H3. The molecular formula is C40H56N8O2P4. The highest BCUT2D eigenvalue weighted by atomic mass is 31.3. The van der Waals surface area contributed by atoms with Gasteiger partial charge in [-0.2, -0.15) is 17.8 Å². The second-order valence-corrected chi connectivity index (χ2v) is 25.4. The third kappa shape index (κ3) is 8.34. The fourth-order valence-electron chi connectivity index (χ4n) is 6.36. The third-order valence-corrected chi connectivity index (χ3v) is 22.2. The molecule has 18 aliphatic rings. The summed E-state index contributed by atoms with van der Waals surface area (Å²) in [4.78, 5) is 0. The van der Waals surface area contributed by atoms with Crippen LogP contribution in [0.2, 0.25) is 0 Å². The molecule has 0 radical (unpaired) electrons. The van der Waals surface area contributed by atoms with Crippen molar-refractivity contribution < 1.29 is 9.47 Å². The highest BCUT2D eigenvalue weighted by molar-refractivity contribution is 7.84. The van der Waals surface area contributed by atoms with Gasteiger partial charge in [0.15, 0.2) is 33.5 Å². The molecule has 4 N–H and O–H groups in total. The molecule has 0 spiro atoms. The van der Waals surface area contributed by atoms with Gasteiger partial charge in [0.2, 0.25) is 0 Å². The van der Waals surface area contributed by atoms with Gasteiger partial charge >= 0.3 is 0 Å². The molecule has 0 saturated carbocycles. The number of ether oxygens (including phenoxy) is 2. The van der Waals surface area contributed by atoms with Gasteiger partial charge in [-0.3, -0.25) is 0 Å². The van der Waals surface area contributed by atoms with Gasteiger partial charge in [0, 0.05) is 44.9 Å². The van der Waals surface area contributed by atoms with Crippen molar-refractivity contribution in [2.45, 2.75) is 105 Å². The molecule has 0 atom stereocenters. The maximum Gasteiger partial charge on any atom is 0.159 e. The van der Waals surface area contributed by atoms with Crippen molar-refractivity contribution in [3.63, 3.8) is 0 Å². The molecule has 22 rings (SSSR count). The van der Waals surface area contributed by atoms with Crippen molar-refractivity contribution in [3.8, 4) is 23.0 Å². The van der Waals surface area contributed by atoms with Crippen molar-refractivity contribution in [2.75, 3.05) is 20.3 Å². The second-order valence-electron chi connectivity index (χ2n) is 17.7. The minimum Gasteiger partial charge on any atom is -0.457 e. The number of hydrogen-bond donors (Lipinski definition) is 4. The molecule has 10 nitrogen and oxygen atoms in total. The van der Waals surface area contributed by atoms with Gasteiger partial charge in [-0.05, 0) is 180 Å². The highest BCUT2D eigenvalue weighted by Crippen LogP contribution is 2.81. The number of benzene rings is 4. The fourth-order valence-corrected chi connectivity index (χ4v) is 18.3. The second kappa shape index (κ2) is 14.6. The Morgan fingerprint density at radius 2 is 0.481 bits per heavy atom. The van der Waals surface area contributed by atoms with Gasteiger partial charge < -0.3 is 29.8 Å². The molecule has 12 bridgehead atoms. The Kier molecular flexibility index (Phi) is 10.7. The molecule has 18 heterocycles. The lowest BCUT2D eigenvalue weighted by atomic mass is 10.1. The maximum atomic E-state index is 6.35. The minimum atomic E-state index is -0.838. The quantitative estimate of drug-likeness (QED) is 0.129. The Balaban J connectivity index is 1.22. The molecule has 18 aliphatic heterocycles. The van der Waals surface area contributed by atoms with Crippen LogP contribution in [0.25, 0.3) is 0 Å². The number of rotatable bonds is 0. The number of anilines is 4. The molecule has 0 unspecified atom stereocenters. The van der Waals surface area contributed by atoms with E-state index in [9.17, 15) is 0 Å². The van der Waals surface area contributed by atoms with E-state index in [0.717, 1.165) is 45.7 Å². The maximum absolute atomic E-state index is 6.35. The normalized spacial score (nSPS) is 23.0. The van der Waals surface area contributed by atoms with Crippen LogP contribution in [0.15, 0.2) is 97.1 Å². The van der Waals surface area contributed by atoms with Gasteiger partial charge in [-0.15, -0.1) is 0 Å². The molecule has 0 amide bonds. The molecule has 54 heavy (non-hydrogen) atoms. The molecular weight excluding hydrogens is 748 g/mol. The van der Waals surface area contributed by atoms with Crippen molar-refractivity contribution in [3.05, 3.63) is 97.1 Å². The Morgan fingerprint density at radius 3 is 0.630 bits per heavy atom. The van der Waals surface area contributed by atoms with Crippen molar-refractivity contribution >= 4 is 56.2 Å². The van der Waals surface area contributed by atoms with E-state index < -0.39 is 33.5 Å². The van der Waals surface area contributed by atoms with E-state index in [0.29, 0.717) is 0 Å². The van der Waals surface area contributed by atoms with E-state index in [-0.39, 0.29) is 22.2 Å². The molecule has 14 heteroatoms. The third-order valence-electron chi connectivity index (χ3n) is 8.64. The van der Waals surface area contributed by atoms with Gasteiger partial charge in [0.25, 0.3) is 0 Å². The Bertz CT molecular complexity index is 1610. The first kappa shape index (κ1) is 39.5. The Labute approximate surface area is 328 Å². The van der Waals surface area contributed by atoms with Gasteiger partial charge in [-0.25, -0.2) is 0 Å². The van der Waals surface area contributed by atoms with Crippen LogP contribution >= 0.6 is 33.5 Å². The van der Waals surface area contributed by atoms with Crippen LogP contribution in [0.5, 0.6) is 23.0 Å². The lowest BCUT2D eigenvalue weighted by molar-refractivity contribution is 0.285. The van der Waals surface area contributed by atoms with E-state index in [1.807, 2.05) is 0 Å². The minimum absolute atomic E-state index is 0.0628. The fraction of sp³-hybridized carbons (Fsp3) is 0.400. The zero-order valence-corrected chi connectivity index (χ0v) is 37.2. The summed E-state index contributed by atoms with van der Waals surface area (Å²) in [5.74, 6) is 3.22. The number of nitrogens with one attached hydrogen (secondary N) is 4. The first-order chi connectivity index (χ1) is 25.3. The number of nitrogens with zero attached hydrogens (tertiary/aromatic N) is 4. The molecule has 2 fully saturated rings. The van der Waals surface area contributed by atoms with E-state index in [2.05, 4.69) is 218 Å². The number of hydrogen-bond acceptors (Lipinski definition) is 10. The smallest absolute Gasteiger partial charge is 0.159 e. The van der Waals surface area contributed by atoms with Crippen LogP contribution < -0.4 is 29.8 Å². The topological polar surface area (TPSA) is 79.5 Å². The van der Waals surface area contributed by atoms with E-state index >= 15 is 0 Å². The largest absolute Gasteiger partial charge is 0.457 e. The van der Waals surface area contributed by atoms with Crippen LogP contribution in [0.1, 0.15) is 83.1 Å². The lowest BCUT2D eigenvalue weighted by Crippen LogP contribution is -2.55. The van der Waals surface area contributed by atoms with Crippen molar-refractivity contribution in [1.82, 2.24) is 17.8 Å². The van der Waals surface area contributed by atoms with Crippen LogP contribution in [-0.2, 0) is 0 Å². The van der Waals surface area contributed by atoms with E-state index in [4.69, 9.17) is 9.47 Å². The summed E-state index contributed by atoms with van der Waals surface area (Å²) in [5, 5.41) is 15.6. The first-order valence-corrected chi connectivity index (χ1v) is 23.5. The monoisotopic (exact) mass is 804 g/mol. The average molecular weight is 805 g/mol. The summed E-state index contributed by atoms with van der Waals surface area (Å²) in [5.41, 5.74) is 4.02. The predicted molar refractivity (Wildman–Crippen MR) is 234 cm³/mol. The molecule has 4 aromatic rings. The lowest BCUT2D eigenvalue weighted by Gasteiger charge is -2.64. The summed E-state index contributed by atoms with van der Waals surface area (Å²) < 4.78 is 23.2. The zero-order chi connectivity index (χ0) is 38.8. The summed E-state index contributed by atoms with van der Waals surface area (Å²) in [6.45, 7) is 27.6. The predicted octanol–water partition coefficient (Wildman–Crippen LogP) is 14.0. The highest BCUT2D eigenvalue weighted by Gasteiger charge is 2.58. The van der Waals surface area contributed by atoms with Crippen molar-refractivity contribution in [1.29, 1.82) is 0 Å². The van der Waals surface area contributed by atoms with Crippen LogP contribution in [0.4, 0.5) is 22.7 Å². The van der Waals surface area contributed by atoms with Gasteiger partial charge in [0.05, 0.1) is 0 Å². The SMILES string of the molecule is CC(C)(C)N1P2Nc3ccc(cc3)Oc3ccc(cc3)NP3N(C(C)(C)C)P(Nc4ccc(cc4)Oc4ccc(cc4)NP1N2C(C)(C)C)N3C(C)(C)C. The average Bonchev–Trinajstić information content (AvgIpc) is 3.03. The Morgan fingerprint density at radius 1 is 0.315 bits per heavy atom. The van der Waals surface area contributed by atoms with Crippen LogP contribution in [-0.4, -0.2) is 39.9 Å². The van der Waals surface area contributed by atoms with Crippen molar-refractivity contribution in [2.24, 2.45) is 0 Å². The summed E-state index contributed by atoms with van der Waals surface area (Å²) in [7, 11) is -3.35. The summed E-state index contributed by atoms with van der Waals surface area (Å²) in [6, 6.07) is 33.4. The molecule has 4 aromatic carbocycles. The van der Waals surface area contributed by atoms with E-state index in [1.54, 1.807) is 0 Å². The summed E-state index contributed by atoms with van der Waals surface area (Å²) in [6.07, 6.45) is 0. The first-order valence-electron chi connectivity index (χ1n) is 18.5. The summed E-state index contributed by atoms with van der Waals surface area (Å²) >= 11 is 0. The molecule has 0 aromatic heterocycles. The molecule has 288 valence electrons. The molecule has 0 aliphatic carbocycles.